The van der Waals surface area contributed by atoms with E-state index in [1.165, 1.54) is 37.7 Å². The second kappa shape index (κ2) is 5.31. The summed E-state index contributed by atoms with van der Waals surface area (Å²) < 4.78 is 0. The van der Waals surface area contributed by atoms with E-state index in [1.807, 2.05) is 0 Å². The molecule has 16 heavy (non-hydrogen) atoms. The predicted octanol–water partition coefficient (Wildman–Crippen LogP) is 3.61. The molecule has 1 aromatic carbocycles. The monoisotopic (exact) mass is 215 g/mol. The summed E-state index contributed by atoms with van der Waals surface area (Å²) >= 11 is 0. The highest BCUT2D eigenvalue weighted by Crippen LogP contribution is 2.37. The van der Waals surface area contributed by atoms with Crippen molar-refractivity contribution in [2.45, 2.75) is 32.1 Å². The molecule has 0 saturated heterocycles. The Bertz CT molecular complexity index is 334. The van der Waals surface area contributed by atoms with E-state index in [-0.39, 0.29) is 5.41 Å². The minimum absolute atomic E-state index is 0.272. The first-order chi connectivity index (χ1) is 7.85. The zero-order valence-corrected chi connectivity index (χ0v) is 9.86. The molecule has 0 radical (unpaired) electrons. The van der Waals surface area contributed by atoms with Crippen molar-refractivity contribution in [3.8, 4) is 0 Å². The van der Waals surface area contributed by atoms with Gasteiger partial charge in [0, 0.05) is 12.0 Å². The molecule has 0 bridgehead atoms. The van der Waals surface area contributed by atoms with Crippen LogP contribution in [0.1, 0.15) is 37.7 Å². The van der Waals surface area contributed by atoms with Gasteiger partial charge >= 0.3 is 0 Å². The van der Waals surface area contributed by atoms with Gasteiger partial charge in [-0.2, -0.15) is 0 Å². The summed E-state index contributed by atoms with van der Waals surface area (Å²) in [4.78, 5) is 0. The van der Waals surface area contributed by atoms with Crippen LogP contribution in [-0.4, -0.2) is 6.54 Å². The molecule has 0 heterocycles. The van der Waals surface area contributed by atoms with Gasteiger partial charge in [-0.1, -0.05) is 61.7 Å². The summed E-state index contributed by atoms with van der Waals surface area (Å²) in [6, 6.07) is 10.5. The first-order valence-electron chi connectivity index (χ1n) is 6.29. The van der Waals surface area contributed by atoms with Crippen molar-refractivity contribution in [3.05, 3.63) is 42.0 Å². The van der Waals surface area contributed by atoms with E-state index in [0.29, 0.717) is 0 Å². The Balaban J connectivity index is 2.09. The Hall–Kier alpha value is -1.08. The molecule has 1 heteroatoms. The third-order valence-corrected chi connectivity index (χ3v) is 3.68. The fourth-order valence-electron chi connectivity index (χ4n) is 2.53. The van der Waals surface area contributed by atoms with Gasteiger partial charge in [-0.15, -0.1) is 0 Å². The summed E-state index contributed by atoms with van der Waals surface area (Å²) in [7, 11) is 0. The van der Waals surface area contributed by atoms with E-state index in [2.05, 4.69) is 42.5 Å². The van der Waals surface area contributed by atoms with Crippen molar-refractivity contribution in [1.29, 1.82) is 0 Å². The Labute approximate surface area is 98.4 Å². The lowest BCUT2D eigenvalue weighted by Gasteiger charge is -2.33. The Morgan fingerprint density at radius 1 is 1.06 bits per heavy atom. The second-order valence-corrected chi connectivity index (χ2v) is 4.87. The van der Waals surface area contributed by atoms with E-state index in [9.17, 15) is 0 Å². The van der Waals surface area contributed by atoms with Crippen LogP contribution in [0.2, 0.25) is 0 Å². The minimum Gasteiger partial charge on any atom is -0.330 e. The predicted molar refractivity (Wildman–Crippen MR) is 70.0 cm³/mol. The molecule has 1 aliphatic carbocycles. The average molecular weight is 215 g/mol. The molecule has 0 spiro atoms. The molecular formula is C15H21N. The van der Waals surface area contributed by atoms with Crippen molar-refractivity contribution in [2.24, 2.45) is 11.1 Å². The fourth-order valence-corrected chi connectivity index (χ4v) is 2.53. The van der Waals surface area contributed by atoms with Crippen LogP contribution in [0.5, 0.6) is 0 Å². The lowest BCUT2D eigenvalue weighted by molar-refractivity contribution is 0.268. The van der Waals surface area contributed by atoms with Crippen LogP contribution in [0, 0.1) is 5.41 Å². The lowest BCUT2D eigenvalue weighted by Crippen LogP contribution is -2.30. The highest BCUT2D eigenvalue weighted by Gasteiger charge is 2.27. The maximum Gasteiger partial charge on any atom is 0.00143 e. The van der Waals surface area contributed by atoms with Gasteiger partial charge in [0.05, 0.1) is 0 Å². The average Bonchev–Trinajstić information content (AvgIpc) is 2.39. The van der Waals surface area contributed by atoms with Crippen LogP contribution in [-0.2, 0) is 0 Å². The second-order valence-electron chi connectivity index (χ2n) is 4.87. The van der Waals surface area contributed by atoms with E-state index >= 15 is 0 Å². The third kappa shape index (κ3) is 2.73. The SMILES string of the molecule is NCC1(/C=C/c2ccccc2)CCCCC1. The molecule has 0 aromatic heterocycles. The number of benzene rings is 1. The maximum absolute atomic E-state index is 5.95. The minimum atomic E-state index is 0.272. The van der Waals surface area contributed by atoms with E-state index < -0.39 is 0 Å². The molecule has 1 aromatic rings. The maximum atomic E-state index is 5.95. The number of hydrogen-bond acceptors (Lipinski definition) is 1. The van der Waals surface area contributed by atoms with Crippen molar-refractivity contribution < 1.29 is 0 Å². The summed E-state index contributed by atoms with van der Waals surface area (Å²) in [5.41, 5.74) is 7.50. The zero-order chi connectivity index (χ0) is 11.3. The third-order valence-electron chi connectivity index (χ3n) is 3.68. The molecule has 1 fully saturated rings. The quantitative estimate of drug-likeness (QED) is 0.819. The topological polar surface area (TPSA) is 26.0 Å². The Kier molecular flexibility index (Phi) is 3.79. The number of hydrogen-bond donors (Lipinski definition) is 1. The van der Waals surface area contributed by atoms with Crippen molar-refractivity contribution in [2.75, 3.05) is 6.54 Å². The molecule has 0 atom stereocenters. The van der Waals surface area contributed by atoms with Gasteiger partial charge in [0.25, 0.3) is 0 Å². The van der Waals surface area contributed by atoms with Crippen LogP contribution < -0.4 is 5.73 Å². The summed E-state index contributed by atoms with van der Waals surface area (Å²) in [6.45, 7) is 0.788. The first-order valence-corrected chi connectivity index (χ1v) is 6.29. The van der Waals surface area contributed by atoms with Crippen LogP contribution in [0.3, 0.4) is 0 Å². The summed E-state index contributed by atoms with van der Waals surface area (Å²) in [6.07, 6.45) is 11.1. The largest absolute Gasteiger partial charge is 0.330 e. The molecule has 0 unspecified atom stereocenters. The molecule has 2 rings (SSSR count). The van der Waals surface area contributed by atoms with E-state index in [1.54, 1.807) is 0 Å². The molecule has 2 N–H and O–H groups in total. The van der Waals surface area contributed by atoms with Gasteiger partial charge < -0.3 is 5.73 Å². The molecule has 0 aliphatic heterocycles. The van der Waals surface area contributed by atoms with Gasteiger partial charge in [-0.25, -0.2) is 0 Å². The van der Waals surface area contributed by atoms with Crippen molar-refractivity contribution >= 4 is 6.08 Å². The molecule has 0 amide bonds. The number of rotatable bonds is 3. The van der Waals surface area contributed by atoms with Gasteiger partial charge in [0.1, 0.15) is 0 Å². The number of nitrogens with two attached hydrogens (primary N) is 1. The van der Waals surface area contributed by atoms with Crippen molar-refractivity contribution in [1.82, 2.24) is 0 Å². The highest BCUT2D eigenvalue weighted by atomic mass is 14.6. The normalized spacial score (nSPS) is 20.1. The highest BCUT2D eigenvalue weighted by molar-refractivity contribution is 5.49. The van der Waals surface area contributed by atoms with Crippen LogP contribution in [0.4, 0.5) is 0 Å². The van der Waals surface area contributed by atoms with E-state index in [4.69, 9.17) is 5.73 Å². The van der Waals surface area contributed by atoms with Gasteiger partial charge in [-0.3, -0.25) is 0 Å². The van der Waals surface area contributed by atoms with Crippen LogP contribution >= 0.6 is 0 Å². The van der Waals surface area contributed by atoms with Crippen molar-refractivity contribution in [3.63, 3.8) is 0 Å². The lowest BCUT2D eigenvalue weighted by atomic mass is 9.74. The Morgan fingerprint density at radius 2 is 1.75 bits per heavy atom. The van der Waals surface area contributed by atoms with Gasteiger partial charge in [-0.05, 0) is 18.4 Å². The Morgan fingerprint density at radius 3 is 2.38 bits per heavy atom. The van der Waals surface area contributed by atoms with Gasteiger partial charge in [0.15, 0.2) is 0 Å². The smallest absolute Gasteiger partial charge is 0.00143 e. The molecule has 1 aliphatic rings. The fraction of sp³-hybridized carbons (Fsp3) is 0.467. The van der Waals surface area contributed by atoms with Gasteiger partial charge in [0.2, 0.25) is 0 Å². The van der Waals surface area contributed by atoms with Crippen LogP contribution in [0.15, 0.2) is 36.4 Å². The molecular weight excluding hydrogens is 194 g/mol. The van der Waals surface area contributed by atoms with Crippen LogP contribution in [0.25, 0.3) is 6.08 Å². The standard InChI is InChI=1S/C15H21N/c16-13-15(10-5-2-6-11-15)12-9-14-7-3-1-4-8-14/h1,3-4,7-9,12H,2,5-6,10-11,13,16H2/b12-9+. The molecule has 1 nitrogen and oxygen atoms in total. The van der Waals surface area contributed by atoms with E-state index in [0.717, 1.165) is 6.54 Å². The zero-order valence-electron chi connectivity index (χ0n) is 9.86. The summed E-state index contributed by atoms with van der Waals surface area (Å²) in [5, 5.41) is 0. The molecule has 86 valence electrons. The summed E-state index contributed by atoms with van der Waals surface area (Å²) in [5.74, 6) is 0. The molecule has 1 saturated carbocycles. The first kappa shape index (κ1) is 11.4.